The number of aromatic nitrogens is 1. The summed E-state index contributed by atoms with van der Waals surface area (Å²) in [5.74, 6) is 0. The largest absolute Gasteiger partial charge is 0.418 e. The Kier molecular flexibility index (Phi) is 5.38. The van der Waals surface area contributed by atoms with Gasteiger partial charge in [0.15, 0.2) is 0 Å². The van der Waals surface area contributed by atoms with Gasteiger partial charge in [0.1, 0.15) is 0 Å². The van der Waals surface area contributed by atoms with Crippen molar-refractivity contribution in [3.63, 3.8) is 0 Å². The third-order valence-electron chi connectivity index (χ3n) is 2.48. The number of aryl methyl sites for hydroxylation is 2. The summed E-state index contributed by atoms with van der Waals surface area (Å²) in [6, 6.07) is 1.18. The lowest BCUT2D eigenvalue weighted by atomic mass is 9.87. The topological polar surface area (TPSA) is 12.9 Å². The first-order valence-corrected chi connectivity index (χ1v) is 6.09. The van der Waals surface area contributed by atoms with E-state index in [1.807, 2.05) is 13.8 Å². The van der Waals surface area contributed by atoms with Gasteiger partial charge in [-0.1, -0.05) is 34.6 Å². The molecule has 0 fully saturated rings. The molecule has 1 nitrogen and oxygen atoms in total. The standard InChI is InChI=1S/C12H16F3N.C2H6/c1-7-6-9(12(13,14)15)10(11(3,4)5)16-8(7)2;1-2/h6H,1-5H3;1-2H3. The predicted octanol–water partition coefficient (Wildman–Crippen LogP) is 5.04. The minimum Gasteiger partial charge on any atom is -0.257 e. The van der Waals surface area contributed by atoms with Crippen LogP contribution in [0.4, 0.5) is 13.2 Å². The van der Waals surface area contributed by atoms with E-state index in [1.165, 1.54) is 6.07 Å². The molecule has 0 N–H and O–H groups in total. The Labute approximate surface area is 107 Å². The van der Waals surface area contributed by atoms with Crippen LogP contribution in [-0.4, -0.2) is 4.98 Å². The van der Waals surface area contributed by atoms with Crippen LogP contribution in [0.5, 0.6) is 0 Å². The van der Waals surface area contributed by atoms with E-state index in [0.29, 0.717) is 11.3 Å². The van der Waals surface area contributed by atoms with Crippen LogP contribution in [-0.2, 0) is 11.6 Å². The second-order valence-electron chi connectivity index (χ2n) is 5.03. The lowest BCUT2D eigenvalue weighted by molar-refractivity contribution is -0.139. The SMILES string of the molecule is CC.Cc1cc(C(F)(F)F)c(C(C)(C)C)nc1C. The van der Waals surface area contributed by atoms with E-state index in [9.17, 15) is 13.2 Å². The predicted molar refractivity (Wildman–Crippen MR) is 68.8 cm³/mol. The molecule has 0 aliphatic heterocycles. The molecule has 0 aromatic carbocycles. The highest BCUT2D eigenvalue weighted by molar-refractivity contribution is 5.35. The van der Waals surface area contributed by atoms with E-state index in [1.54, 1.807) is 34.6 Å². The zero-order valence-electron chi connectivity index (χ0n) is 12.2. The molecule has 0 radical (unpaired) electrons. The summed E-state index contributed by atoms with van der Waals surface area (Å²) in [6.07, 6.45) is -4.34. The molecule has 0 spiro atoms. The molecule has 1 aromatic heterocycles. The van der Waals surface area contributed by atoms with Crippen LogP contribution < -0.4 is 0 Å². The Hall–Kier alpha value is -1.06. The number of nitrogens with zero attached hydrogens (tertiary/aromatic N) is 1. The minimum absolute atomic E-state index is 0.114. The fourth-order valence-corrected chi connectivity index (χ4v) is 1.49. The quantitative estimate of drug-likeness (QED) is 0.637. The van der Waals surface area contributed by atoms with Crippen molar-refractivity contribution >= 4 is 0 Å². The summed E-state index contributed by atoms with van der Waals surface area (Å²) >= 11 is 0. The minimum atomic E-state index is -4.34. The smallest absolute Gasteiger partial charge is 0.257 e. The van der Waals surface area contributed by atoms with Gasteiger partial charge in [-0.25, -0.2) is 0 Å². The first-order valence-electron chi connectivity index (χ1n) is 6.09. The van der Waals surface area contributed by atoms with Crippen molar-refractivity contribution in [2.45, 2.75) is 60.1 Å². The van der Waals surface area contributed by atoms with Gasteiger partial charge in [-0.15, -0.1) is 0 Å². The molecule has 104 valence electrons. The van der Waals surface area contributed by atoms with E-state index >= 15 is 0 Å². The van der Waals surface area contributed by atoms with Crippen LogP contribution in [0.1, 0.15) is 57.1 Å². The molecular formula is C14H22F3N. The lowest BCUT2D eigenvalue weighted by Crippen LogP contribution is -2.22. The Morgan fingerprint density at radius 1 is 1.00 bits per heavy atom. The summed E-state index contributed by atoms with van der Waals surface area (Å²) in [5, 5.41) is 0. The first-order chi connectivity index (χ1) is 8.03. The number of pyridine rings is 1. The van der Waals surface area contributed by atoms with Gasteiger partial charge >= 0.3 is 6.18 Å². The monoisotopic (exact) mass is 261 g/mol. The Bertz CT molecular complexity index is 362. The average Bonchev–Trinajstić information content (AvgIpc) is 2.21. The summed E-state index contributed by atoms with van der Waals surface area (Å²) in [7, 11) is 0. The molecule has 0 saturated heterocycles. The van der Waals surface area contributed by atoms with Crippen molar-refractivity contribution in [2.24, 2.45) is 0 Å². The number of hydrogen-bond donors (Lipinski definition) is 0. The fourth-order valence-electron chi connectivity index (χ4n) is 1.49. The van der Waals surface area contributed by atoms with Gasteiger partial charge in [0, 0.05) is 11.1 Å². The van der Waals surface area contributed by atoms with Crippen molar-refractivity contribution in [3.8, 4) is 0 Å². The summed E-state index contributed by atoms with van der Waals surface area (Å²) in [6.45, 7) is 12.6. The summed E-state index contributed by atoms with van der Waals surface area (Å²) in [4.78, 5) is 4.09. The normalized spacial score (nSPS) is 11.9. The Balaban J connectivity index is 0.00000137. The molecule has 1 heterocycles. The fraction of sp³-hybridized carbons (Fsp3) is 0.643. The van der Waals surface area contributed by atoms with Crippen molar-refractivity contribution in [1.29, 1.82) is 0 Å². The Morgan fingerprint density at radius 3 is 1.78 bits per heavy atom. The van der Waals surface area contributed by atoms with E-state index < -0.39 is 17.2 Å². The Morgan fingerprint density at radius 2 is 1.44 bits per heavy atom. The highest BCUT2D eigenvalue weighted by atomic mass is 19.4. The molecule has 0 aliphatic rings. The second kappa shape index (κ2) is 5.72. The zero-order valence-corrected chi connectivity index (χ0v) is 12.2. The van der Waals surface area contributed by atoms with Crippen LogP contribution in [0.25, 0.3) is 0 Å². The van der Waals surface area contributed by atoms with Crippen molar-refractivity contribution < 1.29 is 13.2 Å². The van der Waals surface area contributed by atoms with Crippen LogP contribution in [0.3, 0.4) is 0 Å². The van der Waals surface area contributed by atoms with Gasteiger partial charge in [0.2, 0.25) is 0 Å². The maximum absolute atomic E-state index is 12.9. The highest BCUT2D eigenvalue weighted by Gasteiger charge is 2.37. The molecule has 0 bridgehead atoms. The van der Waals surface area contributed by atoms with E-state index in [2.05, 4.69) is 4.98 Å². The molecule has 0 saturated carbocycles. The lowest BCUT2D eigenvalue weighted by Gasteiger charge is -2.24. The van der Waals surface area contributed by atoms with Crippen LogP contribution in [0.15, 0.2) is 6.07 Å². The number of alkyl halides is 3. The molecule has 0 amide bonds. The molecule has 1 rings (SSSR count). The summed E-state index contributed by atoms with van der Waals surface area (Å²) < 4.78 is 38.6. The molecule has 0 unspecified atom stereocenters. The third-order valence-corrected chi connectivity index (χ3v) is 2.48. The first kappa shape index (κ1) is 16.9. The zero-order chi connectivity index (χ0) is 14.7. The van der Waals surface area contributed by atoms with E-state index in [-0.39, 0.29) is 5.69 Å². The van der Waals surface area contributed by atoms with Gasteiger partial charge in [-0.2, -0.15) is 13.2 Å². The molecule has 18 heavy (non-hydrogen) atoms. The second-order valence-corrected chi connectivity index (χ2v) is 5.03. The van der Waals surface area contributed by atoms with E-state index in [4.69, 9.17) is 0 Å². The van der Waals surface area contributed by atoms with Gasteiger partial charge in [0.05, 0.1) is 11.3 Å². The van der Waals surface area contributed by atoms with E-state index in [0.717, 1.165) is 0 Å². The van der Waals surface area contributed by atoms with Crippen molar-refractivity contribution in [2.75, 3.05) is 0 Å². The highest BCUT2D eigenvalue weighted by Crippen LogP contribution is 2.37. The number of halogens is 3. The summed E-state index contributed by atoms with van der Waals surface area (Å²) in [5.41, 5.74) is 0.105. The molecule has 0 atom stereocenters. The van der Waals surface area contributed by atoms with Crippen molar-refractivity contribution in [1.82, 2.24) is 4.98 Å². The maximum Gasteiger partial charge on any atom is 0.418 e. The third kappa shape index (κ3) is 4.00. The molecular weight excluding hydrogens is 239 g/mol. The average molecular weight is 261 g/mol. The maximum atomic E-state index is 12.9. The van der Waals surface area contributed by atoms with Crippen LogP contribution in [0, 0.1) is 13.8 Å². The van der Waals surface area contributed by atoms with Gasteiger partial charge in [-0.3, -0.25) is 4.98 Å². The molecule has 4 heteroatoms. The number of rotatable bonds is 0. The van der Waals surface area contributed by atoms with Crippen LogP contribution in [0.2, 0.25) is 0 Å². The van der Waals surface area contributed by atoms with Gasteiger partial charge in [0.25, 0.3) is 0 Å². The molecule has 1 aromatic rings. The van der Waals surface area contributed by atoms with Crippen LogP contribution >= 0.6 is 0 Å². The molecule has 0 aliphatic carbocycles. The van der Waals surface area contributed by atoms with Crippen molar-refractivity contribution in [3.05, 3.63) is 28.6 Å². The van der Waals surface area contributed by atoms with Gasteiger partial charge < -0.3 is 0 Å². The van der Waals surface area contributed by atoms with Gasteiger partial charge in [-0.05, 0) is 25.5 Å². The number of hydrogen-bond acceptors (Lipinski definition) is 1.